The highest BCUT2D eigenvalue weighted by molar-refractivity contribution is 6.08. The van der Waals surface area contributed by atoms with E-state index in [9.17, 15) is 19.6 Å². The average molecular weight is 523 g/mol. The molecule has 202 valence electrons. The Morgan fingerprint density at radius 1 is 1.28 bits per heavy atom. The van der Waals surface area contributed by atoms with Crippen molar-refractivity contribution in [1.82, 2.24) is 16.2 Å². The average Bonchev–Trinajstić information content (AvgIpc) is 2.85. The number of amides is 2. The van der Waals surface area contributed by atoms with Crippen molar-refractivity contribution in [3.05, 3.63) is 42.0 Å². The zero-order valence-corrected chi connectivity index (χ0v) is 22.7. The van der Waals surface area contributed by atoms with Gasteiger partial charge in [0.15, 0.2) is 5.78 Å². The molecule has 1 aromatic rings. The van der Waals surface area contributed by atoms with Crippen molar-refractivity contribution in [3.8, 4) is 0 Å². The largest absolute Gasteiger partial charge is 0.313 e. The molecule has 0 saturated carbocycles. The van der Waals surface area contributed by atoms with Crippen molar-refractivity contribution >= 4 is 36.1 Å². The summed E-state index contributed by atoms with van der Waals surface area (Å²) in [6, 6.07) is 9.41. The number of Topliss-reactive ketones (excluding diaryl/α,β-unsaturated/α-hetero) is 1. The van der Waals surface area contributed by atoms with E-state index in [1.807, 2.05) is 70.2 Å². The molecule has 36 heavy (non-hydrogen) atoms. The normalized spacial score (nSPS) is 22.4. The molecular weight excluding hydrogens is 480 g/mol. The second-order valence-electron chi connectivity index (χ2n) is 10.4. The van der Waals surface area contributed by atoms with Crippen LogP contribution in [0.4, 0.5) is 0 Å². The molecule has 8 nitrogen and oxygen atoms in total. The second kappa shape index (κ2) is 14.5. The lowest BCUT2D eigenvalue weighted by molar-refractivity contribution is -0.153. The van der Waals surface area contributed by atoms with Crippen molar-refractivity contribution in [1.29, 1.82) is 0 Å². The molecule has 1 aromatic carbocycles. The fraction of sp³-hybridized carbons (Fsp3) is 0.593. The Bertz CT molecular complexity index is 895. The molecule has 2 amide bonds. The third kappa shape index (κ3) is 7.62. The maximum Gasteiger partial charge on any atom is 0.248 e. The highest BCUT2D eigenvalue weighted by Gasteiger charge is 2.53. The van der Waals surface area contributed by atoms with Crippen LogP contribution < -0.4 is 22.1 Å². The van der Waals surface area contributed by atoms with Gasteiger partial charge in [-0.3, -0.25) is 25.0 Å². The second-order valence-corrected chi connectivity index (χ2v) is 10.4. The number of allylic oxidation sites excluding steroid dienone is 1. The summed E-state index contributed by atoms with van der Waals surface area (Å²) in [6.45, 7) is 8.37. The Hall–Kier alpha value is -2.26. The molecule has 1 aliphatic rings. The van der Waals surface area contributed by atoms with E-state index in [0.717, 1.165) is 5.56 Å². The monoisotopic (exact) mass is 522 g/mol. The van der Waals surface area contributed by atoms with E-state index in [4.69, 9.17) is 5.84 Å². The van der Waals surface area contributed by atoms with E-state index in [-0.39, 0.29) is 30.2 Å². The van der Waals surface area contributed by atoms with Gasteiger partial charge in [0, 0.05) is 11.5 Å². The van der Waals surface area contributed by atoms with E-state index in [2.05, 4.69) is 10.7 Å². The zero-order valence-electron chi connectivity index (χ0n) is 21.9. The van der Waals surface area contributed by atoms with Gasteiger partial charge in [-0.05, 0) is 50.1 Å². The van der Waals surface area contributed by atoms with Gasteiger partial charge >= 0.3 is 0 Å². The van der Waals surface area contributed by atoms with Crippen molar-refractivity contribution < 1.29 is 19.6 Å². The Balaban J connectivity index is 0.00000648. The number of hydroxylamine groups is 1. The molecule has 2 rings (SSSR count). The summed E-state index contributed by atoms with van der Waals surface area (Å²) in [7, 11) is 0. The maximum atomic E-state index is 14.2. The molecule has 2 unspecified atom stereocenters. The molecule has 1 saturated heterocycles. The van der Waals surface area contributed by atoms with Crippen molar-refractivity contribution in [3.63, 3.8) is 0 Å². The van der Waals surface area contributed by atoms with Gasteiger partial charge in [0.25, 0.3) is 0 Å². The number of hydrogen-bond acceptors (Lipinski definition) is 6. The quantitative estimate of drug-likeness (QED) is 0.0932. The lowest BCUT2D eigenvalue weighted by Crippen LogP contribution is -2.58. The Labute approximate surface area is 221 Å². The molecule has 1 aliphatic heterocycles. The first-order chi connectivity index (χ1) is 16.6. The van der Waals surface area contributed by atoms with Crippen LogP contribution in [-0.2, 0) is 14.4 Å². The van der Waals surface area contributed by atoms with Gasteiger partial charge < -0.3 is 5.32 Å². The topological polar surface area (TPSA) is 134 Å². The van der Waals surface area contributed by atoms with Crippen LogP contribution in [0.3, 0.4) is 0 Å². The molecule has 0 aliphatic carbocycles. The molecule has 1 fully saturated rings. The minimum Gasteiger partial charge on any atom is -0.313 e. The Morgan fingerprint density at radius 3 is 2.50 bits per heavy atom. The third-order valence-electron chi connectivity index (χ3n) is 7.17. The summed E-state index contributed by atoms with van der Waals surface area (Å²) in [5.74, 6) is 4.05. The number of carbonyl (C=O) groups is 3. The fourth-order valence-corrected chi connectivity index (χ4v) is 5.59. The van der Waals surface area contributed by atoms with E-state index >= 15 is 0 Å². The van der Waals surface area contributed by atoms with Crippen molar-refractivity contribution in [2.24, 2.45) is 28.5 Å². The molecule has 0 aromatic heterocycles. The summed E-state index contributed by atoms with van der Waals surface area (Å²) >= 11 is 0. The minimum absolute atomic E-state index is 0. The molecule has 4 atom stereocenters. The number of halogens is 1. The summed E-state index contributed by atoms with van der Waals surface area (Å²) in [5.41, 5.74) is 3.03. The van der Waals surface area contributed by atoms with Gasteiger partial charge in [0.05, 0.1) is 5.92 Å². The standard InChI is InChI=1S/C27H42N4O4.ClH/c1-5-14-27(17-19(2)3,25(34)30-28)24(33)26(4)15-16-29-22(18-26)21(23(32)31-35)13-9-12-20-10-7-6-8-11-20;/h6-12,19,21-22,29,35H,5,13-18,28H2,1-4H3,(H,30,34)(H,31,32);1H/b12-9+;/t21-,22+,26?,27?;/m0./s1. The molecule has 9 heteroatoms. The SMILES string of the molecule is CCCC(CC(C)C)(C(=O)NN)C(=O)C1(C)CCN[C@@H]([C@H](C/C=C/c2ccccc2)C(=O)NO)C1.Cl. The van der Waals surface area contributed by atoms with E-state index in [1.54, 1.807) is 5.48 Å². The van der Waals surface area contributed by atoms with E-state index in [1.165, 1.54) is 0 Å². The van der Waals surface area contributed by atoms with Crippen molar-refractivity contribution in [2.45, 2.75) is 72.3 Å². The first-order valence-corrected chi connectivity index (χ1v) is 12.6. The lowest BCUT2D eigenvalue weighted by Gasteiger charge is -2.45. The predicted molar refractivity (Wildman–Crippen MR) is 144 cm³/mol. The van der Waals surface area contributed by atoms with Crippen LogP contribution in [0.25, 0.3) is 6.08 Å². The van der Waals surface area contributed by atoms with Crippen LogP contribution in [-0.4, -0.2) is 35.4 Å². The smallest absolute Gasteiger partial charge is 0.248 e. The lowest BCUT2D eigenvalue weighted by atomic mass is 9.60. The molecule has 0 bridgehead atoms. The number of ketones is 1. The number of nitrogens with one attached hydrogen (secondary N) is 3. The van der Waals surface area contributed by atoms with Gasteiger partial charge in [0.2, 0.25) is 11.8 Å². The zero-order chi connectivity index (χ0) is 26.1. The van der Waals surface area contributed by atoms with Crippen LogP contribution in [0.2, 0.25) is 0 Å². The first-order valence-electron chi connectivity index (χ1n) is 12.6. The highest BCUT2D eigenvalue weighted by atomic mass is 35.5. The van der Waals surface area contributed by atoms with Gasteiger partial charge in [-0.15, -0.1) is 12.4 Å². The number of hydrogen-bond donors (Lipinski definition) is 5. The molecule has 0 spiro atoms. The van der Waals surface area contributed by atoms with Crippen LogP contribution >= 0.6 is 12.4 Å². The number of rotatable bonds is 12. The molecule has 1 heterocycles. The summed E-state index contributed by atoms with van der Waals surface area (Å²) < 4.78 is 0. The summed E-state index contributed by atoms with van der Waals surface area (Å²) in [4.78, 5) is 39.9. The first kappa shape index (κ1) is 31.8. The maximum absolute atomic E-state index is 14.2. The summed E-state index contributed by atoms with van der Waals surface area (Å²) in [6.07, 6.45) is 6.67. The van der Waals surface area contributed by atoms with Crippen LogP contribution in [0.5, 0.6) is 0 Å². The Kier molecular flexibility index (Phi) is 12.8. The Morgan fingerprint density at radius 2 is 1.94 bits per heavy atom. The molecule has 0 radical (unpaired) electrons. The third-order valence-corrected chi connectivity index (χ3v) is 7.17. The fourth-order valence-electron chi connectivity index (χ4n) is 5.59. The number of hydrazine groups is 1. The van der Waals surface area contributed by atoms with Crippen LogP contribution in [0, 0.1) is 22.7 Å². The summed E-state index contributed by atoms with van der Waals surface area (Å²) in [5, 5.41) is 12.8. The van der Waals surface area contributed by atoms with Gasteiger partial charge in [0.1, 0.15) is 5.41 Å². The molecular formula is C27H43ClN4O4. The predicted octanol–water partition coefficient (Wildman–Crippen LogP) is 3.78. The van der Waals surface area contributed by atoms with Gasteiger partial charge in [-0.1, -0.05) is 76.6 Å². The van der Waals surface area contributed by atoms with E-state index in [0.29, 0.717) is 45.1 Å². The van der Waals surface area contributed by atoms with Crippen molar-refractivity contribution in [2.75, 3.05) is 6.54 Å². The number of benzene rings is 1. The van der Waals surface area contributed by atoms with Crippen LogP contribution in [0.15, 0.2) is 36.4 Å². The minimum atomic E-state index is -1.21. The van der Waals surface area contributed by atoms with Gasteiger partial charge in [-0.2, -0.15) is 0 Å². The highest BCUT2D eigenvalue weighted by Crippen LogP contribution is 2.45. The molecule has 6 N–H and O–H groups in total. The van der Waals surface area contributed by atoms with E-state index < -0.39 is 28.6 Å². The van der Waals surface area contributed by atoms with Gasteiger partial charge in [-0.25, -0.2) is 11.3 Å². The van der Waals surface area contributed by atoms with Crippen LogP contribution in [0.1, 0.15) is 71.8 Å². The number of carbonyl (C=O) groups excluding carboxylic acids is 3. The number of piperidine rings is 1. The number of nitrogens with two attached hydrogens (primary N) is 1.